The van der Waals surface area contributed by atoms with E-state index in [-0.39, 0.29) is 18.3 Å². The fourth-order valence-corrected chi connectivity index (χ4v) is 2.11. The molecular weight excluding hydrogens is 226 g/mol. The van der Waals surface area contributed by atoms with Gasteiger partial charge in [-0.1, -0.05) is 0 Å². The number of halogens is 1. The van der Waals surface area contributed by atoms with Gasteiger partial charge in [0.25, 0.3) is 5.91 Å². The van der Waals surface area contributed by atoms with E-state index >= 15 is 0 Å². The molecule has 0 spiro atoms. The molecule has 1 atom stereocenters. The summed E-state index contributed by atoms with van der Waals surface area (Å²) >= 11 is 0. The van der Waals surface area contributed by atoms with Gasteiger partial charge in [0.1, 0.15) is 5.69 Å². The van der Waals surface area contributed by atoms with E-state index in [0.717, 1.165) is 26.1 Å². The van der Waals surface area contributed by atoms with Gasteiger partial charge in [0, 0.05) is 19.3 Å². The van der Waals surface area contributed by atoms with Crippen LogP contribution in [0.1, 0.15) is 16.9 Å². The molecule has 0 bridgehead atoms. The Balaban J connectivity index is 0.00000128. The van der Waals surface area contributed by atoms with E-state index in [1.807, 2.05) is 24.1 Å². The van der Waals surface area contributed by atoms with Gasteiger partial charge in [0.15, 0.2) is 0 Å². The molecule has 0 saturated carbocycles. The number of amides is 1. The molecule has 1 aliphatic heterocycles. The molecule has 1 aromatic rings. The number of likely N-dealkylation sites (tertiary alicyclic amines) is 1. The first-order chi connectivity index (χ1) is 7.31. The zero-order valence-electron chi connectivity index (χ0n) is 9.40. The number of hydrogen-bond donors (Lipinski definition) is 2. The normalized spacial score (nSPS) is 19.6. The number of aromatic amines is 1. The molecule has 2 rings (SSSR count). The van der Waals surface area contributed by atoms with E-state index in [1.54, 1.807) is 6.20 Å². The Hall–Kier alpha value is -1.00. The fraction of sp³-hybridized carbons (Fsp3) is 0.545. The zero-order chi connectivity index (χ0) is 10.7. The molecule has 0 radical (unpaired) electrons. The van der Waals surface area contributed by atoms with Crippen molar-refractivity contribution in [3.8, 4) is 0 Å². The first kappa shape index (κ1) is 13.1. The highest BCUT2D eigenvalue weighted by atomic mass is 35.5. The van der Waals surface area contributed by atoms with Crippen LogP contribution < -0.4 is 5.32 Å². The van der Waals surface area contributed by atoms with Crippen LogP contribution in [0.3, 0.4) is 0 Å². The van der Waals surface area contributed by atoms with Gasteiger partial charge >= 0.3 is 0 Å². The number of H-pyrrole nitrogens is 1. The number of carbonyl (C=O) groups excluding carboxylic acids is 1. The second-order valence-electron chi connectivity index (χ2n) is 4.05. The maximum absolute atomic E-state index is 11.9. The molecule has 0 aromatic carbocycles. The Labute approximate surface area is 102 Å². The van der Waals surface area contributed by atoms with Crippen molar-refractivity contribution in [2.24, 2.45) is 5.92 Å². The zero-order valence-corrected chi connectivity index (χ0v) is 10.2. The van der Waals surface area contributed by atoms with Gasteiger partial charge in [0.2, 0.25) is 0 Å². The number of nitrogens with one attached hydrogen (secondary N) is 2. The van der Waals surface area contributed by atoms with Crippen LogP contribution in [0.25, 0.3) is 0 Å². The minimum Gasteiger partial charge on any atom is -0.357 e. The van der Waals surface area contributed by atoms with Crippen LogP contribution in [0.5, 0.6) is 0 Å². The SMILES string of the molecule is CNCC1CCN(C(=O)c2ccc[nH]2)C1.Cl. The molecule has 1 fully saturated rings. The fourth-order valence-electron chi connectivity index (χ4n) is 2.11. The van der Waals surface area contributed by atoms with E-state index in [9.17, 15) is 4.79 Å². The standard InChI is InChI=1S/C11H17N3O.ClH/c1-12-7-9-4-6-14(8-9)11(15)10-3-2-5-13-10;/h2-3,5,9,12-13H,4,6-8H2,1H3;1H. The molecule has 16 heavy (non-hydrogen) atoms. The van der Waals surface area contributed by atoms with Crippen molar-refractivity contribution in [2.75, 3.05) is 26.7 Å². The summed E-state index contributed by atoms with van der Waals surface area (Å²) < 4.78 is 0. The van der Waals surface area contributed by atoms with Crippen LogP contribution in [0.2, 0.25) is 0 Å². The Morgan fingerprint density at radius 1 is 1.69 bits per heavy atom. The molecule has 1 unspecified atom stereocenters. The van der Waals surface area contributed by atoms with Gasteiger partial charge in [-0.15, -0.1) is 12.4 Å². The first-order valence-corrected chi connectivity index (χ1v) is 5.38. The molecule has 2 heterocycles. The average Bonchev–Trinajstić information content (AvgIpc) is 2.87. The van der Waals surface area contributed by atoms with Gasteiger partial charge < -0.3 is 15.2 Å². The van der Waals surface area contributed by atoms with Crippen LogP contribution in [0.4, 0.5) is 0 Å². The summed E-state index contributed by atoms with van der Waals surface area (Å²) in [5.41, 5.74) is 0.695. The van der Waals surface area contributed by atoms with Crippen LogP contribution in [-0.4, -0.2) is 42.5 Å². The number of nitrogens with zero attached hydrogens (tertiary/aromatic N) is 1. The van der Waals surface area contributed by atoms with Crippen molar-refractivity contribution < 1.29 is 4.79 Å². The summed E-state index contributed by atoms with van der Waals surface area (Å²) in [6.45, 7) is 2.75. The largest absolute Gasteiger partial charge is 0.357 e. The summed E-state index contributed by atoms with van der Waals surface area (Å²) in [5, 5.41) is 3.16. The first-order valence-electron chi connectivity index (χ1n) is 5.38. The van der Waals surface area contributed by atoms with Crippen molar-refractivity contribution in [3.05, 3.63) is 24.0 Å². The highest BCUT2D eigenvalue weighted by Gasteiger charge is 2.26. The van der Waals surface area contributed by atoms with E-state index in [0.29, 0.717) is 11.6 Å². The van der Waals surface area contributed by atoms with Crippen molar-refractivity contribution in [3.63, 3.8) is 0 Å². The Bertz CT molecular complexity index is 326. The topological polar surface area (TPSA) is 48.1 Å². The van der Waals surface area contributed by atoms with Crippen molar-refractivity contribution >= 4 is 18.3 Å². The van der Waals surface area contributed by atoms with E-state index in [4.69, 9.17) is 0 Å². The van der Waals surface area contributed by atoms with Gasteiger partial charge in [0.05, 0.1) is 0 Å². The Morgan fingerprint density at radius 3 is 3.12 bits per heavy atom. The van der Waals surface area contributed by atoms with Crippen molar-refractivity contribution in [1.29, 1.82) is 0 Å². The van der Waals surface area contributed by atoms with E-state index in [1.165, 1.54) is 0 Å². The number of hydrogen-bond acceptors (Lipinski definition) is 2. The summed E-state index contributed by atoms with van der Waals surface area (Å²) in [6, 6.07) is 3.68. The molecule has 1 saturated heterocycles. The summed E-state index contributed by atoms with van der Waals surface area (Å²) in [7, 11) is 1.95. The minimum absolute atomic E-state index is 0. The third-order valence-electron chi connectivity index (χ3n) is 2.89. The molecule has 1 amide bonds. The maximum atomic E-state index is 11.9. The molecule has 1 aromatic heterocycles. The number of aromatic nitrogens is 1. The van der Waals surface area contributed by atoms with Crippen LogP contribution in [-0.2, 0) is 0 Å². The lowest BCUT2D eigenvalue weighted by atomic mass is 10.1. The van der Waals surface area contributed by atoms with Crippen LogP contribution in [0, 0.1) is 5.92 Å². The van der Waals surface area contributed by atoms with E-state index in [2.05, 4.69) is 10.3 Å². The van der Waals surface area contributed by atoms with Crippen LogP contribution in [0.15, 0.2) is 18.3 Å². The van der Waals surface area contributed by atoms with Crippen molar-refractivity contribution in [2.45, 2.75) is 6.42 Å². The summed E-state index contributed by atoms with van der Waals surface area (Å²) in [4.78, 5) is 16.8. The molecule has 90 valence electrons. The quantitative estimate of drug-likeness (QED) is 0.836. The highest BCUT2D eigenvalue weighted by molar-refractivity contribution is 5.92. The second-order valence-corrected chi connectivity index (χ2v) is 4.05. The number of rotatable bonds is 3. The minimum atomic E-state index is 0. The lowest BCUT2D eigenvalue weighted by molar-refractivity contribution is 0.0782. The second kappa shape index (κ2) is 5.92. The molecule has 4 nitrogen and oxygen atoms in total. The molecule has 5 heteroatoms. The smallest absolute Gasteiger partial charge is 0.270 e. The van der Waals surface area contributed by atoms with Gasteiger partial charge in [-0.3, -0.25) is 4.79 Å². The van der Waals surface area contributed by atoms with Gasteiger partial charge in [-0.2, -0.15) is 0 Å². The molecular formula is C11H18ClN3O. The van der Waals surface area contributed by atoms with Gasteiger partial charge in [-0.05, 0) is 38.1 Å². The van der Waals surface area contributed by atoms with Gasteiger partial charge in [-0.25, -0.2) is 0 Å². The van der Waals surface area contributed by atoms with E-state index < -0.39 is 0 Å². The highest BCUT2D eigenvalue weighted by Crippen LogP contribution is 2.17. The predicted octanol–water partition coefficient (Wildman–Crippen LogP) is 1.12. The number of carbonyl (C=O) groups is 1. The molecule has 2 N–H and O–H groups in total. The third-order valence-corrected chi connectivity index (χ3v) is 2.89. The predicted molar refractivity (Wildman–Crippen MR) is 66.0 cm³/mol. The monoisotopic (exact) mass is 243 g/mol. The Morgan fingerprint density at radius 2 is 2.50 bits per heavy atom. The lowest BCUT2D eigenvalue weighted by Crippen LogP contribution is -2.30. The summed E-state index contributed by atoms with van der Waals surface area (Å²) in [5.74, 6) is 0.729. The lowest BCUT2D eigenvalue weighted by Gasteiger charge is -2.15. The Kier molecular flexibility index (Phi) is 4.83. The van der Waals surface area contributed by atoms with Crippen LogP contribution >= 0.6 is 12.4 Å². The maximum Gasteiger partial charge on any atom is 0.270 e. The average molecular weight is 244 g/mol. The third kappa shape index (κ3) is 2.77. The summed E-state index contributed by atoms with van der Waals surface area (Å²) in [6.07, 6.45) is 2.89. The molecule has 1 aliphatic rings. The molecule has 0 aliphatic carbocycles. The van der Waals surface area contributed by atoms with Crippen molar-refractivity contribution in [1.82, 2.24) is 15.2 Å².